The molecule has 0 amide bonds. The van der Waals surface area contributed by atoms with E-state index in [0.717, 1.165) is 11.4 Å². The van der Waals surface area contributed by atoms with Crippen molar-refractivity contribution in [3.63, 3.8) is 0 Å². The van der Waals surface area contributed by atoms with Crippen molar-refractivity contribution in [2.45, 2.75) is 38.0 Å². The fraction of sp³-hybridized carbons (Fsp3) is 0.115. The van der Waals surface area contributed by atoms with E-state index in [1.807, 2.05) is 11.3 Å². The molecule has 10 rings (SSSR count). The first-order valence-corrected chi connectivity index (χ1v) is 20.2. The minimum atomic E-state index is 0.601. The van der Waals surface area contributed by atoms with Crippen LogP contribution in [0.1, 0.15) is 43.6 Å². The third kappa shape index (κ3) is 5.79. The maximum absolute atomic E-state index is 2.49. The highest BCUT2D eigenvalue weighted by atomic mass is 32.1. The Morgan fingerprint density at radius 1 is 0.426 bits per heavy atom. The molecule has 260 valence electrons. The van der Waals surface area contributed by atoms with Crippen LogP contribution in [0, 0.1) is 0 Å². The summed E-state index contributed by atoms with van der Waals surface area (Å²) in [5, 5.41) is 5.38. The van der Waals surface area contributed by atoms with Crippen molar-refractivity contribution in [1.29, 1.82) is 0 Å². The van der Waals surface area contributed by atoms with Crippen LogP contribution in [0.15, 0.2) is 182 Å². The summed E-state index contributed by atoms with van der Waals surface area (Å²) < 4.78 is 2.67. The van der Waals surface area contributed by atoms with Crippen molar-refractivity contribution >= 4 is 59.3 Å². The Morgan fingerprint density at radius 3 is 1.83 bits per heavy atom. The van der Waals surface area contributed by atoms with Crippen LogP contribution < -0.4 is 4.90 Å². The van der Waals surface area contributed by atoms with Crippen LogP contribution in [0.4, 0.5) is 17.1 Å². The predicted molar refractivity (Wildman–Crippen MR) is 234 cm³/mol. The molecule has 0 N–H and O–H groups in total. The van der Waals surface area contributed by atoms with Gasteiger partial charge in [0.15, 0.2) is 0 Å². The van der Waals surface area contributed by atoms with Gasteiger partial charge in [-0.3, -0.25) is 0 Å². The van der Waals surface area contributed by atoms with Crippen molar-refractivity contribution < 1.29 is 0 Å². The van der Waals surface area contributed by atoms with Crippen molar-refractivity contribution in [1.82, 2.24) is 0 Å². The number of nitrogens with zero attached hydrogens (tertiary/aromatic N) is 1. The normalized spacial score (nSPS) is 13.5. The molecule has 1 aromatic heterocycles. The van der Waals surface area contributed by atoms with Gasteiger partial charge in [0, 0.05) is 37.0 Å². The number of hydrogen-bond acceptors (Lipinski definition) is 2. The number of hydrogen-bond donors (Lipinski definition) is 0. The molecule has 1 heterocycles. The zero-order valence-corrected chi connectivity index (χ0v) is 31.1. The predicted octanol–water partition coefficient (Wildman–Crippen LogP) is 15.7. The summed E-state index contributed by atoms with van der Waals surface area (Å²) in [6, 6.07) is 67.3. The Bertz CT molecular complexity index is 2750. The Balaban J connectivity index is 1.17. The van der Waals surface area contributed by atoms with Gasteiger partial charge in [0.25, 0.3) is 0 Å². The minimum absolute atomic E-state index is 0.601. The Hall–Kier alpha value is -5.96. The van der Waals surface area contributed by atoms with Crippen LogP contribution in [0.2, 0.25) is 0 Å². The zero-order chi connectivity index (χ0) is 35.8. The number of rotatable bonds is 7. The first-order chi connectivity index (χ1) is 26.8. The quantitative estimate of drug-likeness (QED) is 0.159. The molecule has 9 aromatic rings. The summed E-state index contributed by atoms with van der Waals surface area (Å²) in [4.78, 5) is 2.49. The van der Waals surface area contributed by atoms with Gasteiger partial charge in [-0.2, -0.15) is 0 Å². The van der Waals surface area contributed by atoms with Gasteiger partial charge in [0.1, 0.15) is 0 Å². The topological polar surface area (TPSA) is 3.24 Å². The summed E-state index contributed by atoms with van der Waals surface area (Å²) in [5.74, 6) is 0.601. The molecular formula is C52H41NS. The number of para-hydroxylation sites is 2. The van der Waals surface area contributed by atoms with E-state index in [2.05, 4.69) is 187 Å². The Labute approximate surface area is 321 Å². The van der Waals surface area contributed by atoms with E-state index in [0.29, 0.717) is 5.92 Å². The molecule has 0 aliphatic heterocycles. The van der Waals surface area contributed by atoms with Gasteiger partial charge in [-0.25, -0.2) is 0 Å². The fourth-order valence-corrected chi connectivity index (χ4v) is 10.2. The van der Waals surface area contributed by atoms with E-state index >= 15 is 0 Å². The SMILES string of the molecule is c1ccc(-c2ccccc2N(c2ccc(-c3cccc4c3sc3ccccc34)cc2)c2ccccc2-c2cccc3cccc(C4CCCCC4)c23)cc1. The largest absolute Gasteiger partial charge is 0.309 e. The average Bonchev–Trinajstić information content (AvgIpc) is 3.64. The first kappa shape index (κ1) is 32.7. The van der Waals surface area contributed by atoms with Crippen molar-refractivity contribution in [3.05, 3.63) is 188 Å². The van der Waals surface area contributed by atoms with Crippen LogP contribution in [-0.2, 0) is 0 Å². The molecule has 1 nitrogen and oxygen atoms in total. The van der Waals surface area contributed by atoms with Gasteiger partial charge in [-0.05, 0) is 87.7 Å². The van der Waals surface area contributed by atoms with E-state index in [1.54, 1.807) is 0 Å². The summed E-state index contributed by atoms with van der Waals surface area (Å²) in [6.45, 7) is 0. The monoisotopic (exact) mass is 711 g/mol. The average molecular weight is 712 g/mol. The lowest BCUT2D eigenvalue weighted by molar-refractivity contribution is 0.445. The Kier molecular flexibility index (Phi) is 8.54. The maximum atomic E-state index is 2.49. The van der Waals surface area contributed by atoms with Crippen molar-refractivity contribution in [3.8, 4) is 33.4 Å². The molecular weight excluding hydrogens is 671 g/mol. The van der Waals surface area contributed by atoms with E-state index in [-0.39, 0.29) is 0 Å². The van der Waals surface area contributed by atoms with Crippen molar-refractivity contribution in [2.75, 3.05) is 4.90 Å². The lowest BCUT2D eigenvalue weighted by Crippen LogP contribution is -2.12. The molecule has 0 radical (unpaired) electrons. The van der Waals surface area contributed by atoms with Gasteiger partial charge in [0.2, 0.25) is 0 Å². The molecule has 0 unspecified atom stereocenters. The molecule has 1 fully saturated rings. The Morgan fingerprint density at radius 2 is 1.02 bits per heavy atom. The molecule has 0 bridgehead atoms. The second-order valence-corrected chi connectivity index (χ2v) is 15.7. The third-order valence-electron chi connectivity index (χ3n) is 11.5. The first-order valence-electron chi connectivity index (χ1n) is 19.4. The van der Waals surface area contributed by atoms with E-state index < -0.39 is 0 Å². The van der Waals surface area contributed by atoms with Gasteiger partial charge < -0.3 is 4.90 Å². The van der Waals surface area contributed by atoms with Gasteiger partial charge in [0.05, 0.1) is 11.4 Å². The molecule has 1 saturated carbocycles. The number of benzene rings is 8. The highest BCUT2D eigenvalue weighted by molar-refractivity contribution is 7.26. The number of fused-ring (bicyclic) bond motifs is 4. The van der Waals surface area contributed by atoms with Crippen LogP contribution >= 0.6 is 11.3 Å². The van der Waals surface area contributed by atoms with Gasteiger partial charge in [-0.15, -0.1) is 11.3 Å². The van der Waals surface area contributed by atoms with E-state index in [4.69, 9.17) is 0 Å². The highest BCUT2D eigenvalue weighted by Crippen LogP contribution is 2.48. The summed E-state index contributed by atoms with van der Waals surface area (Å²) in [7, 11) is 0. The molecule has 2 heteroatoms. The lowest BCUT2D eigenvalue weighted by atomic mass is 9.80. The van der Waals surface area contributed by atoms with Gasteiger partial charge >= 0.3 is 0 Å². The standard InChI is InChI=1S/C52H41NS/c1-3-16-36(17-4-1)41-22-7-10-29-48(41)53(40-34-32-38(33-35-40)43-26-15-28-47-45-24-9-12-31-50(45)54-52(43)47)49-30-11-8-23-44(49)46-27-14-21-39-20-13-25-42(51(39)46)37-18-5-2-6-19-37/h1,3-4,7-17,20-35,37H,2,5-6,18-19H2. The molecule has 8 aromatic carbocycles. The molecule has 1 aliphatic rings. The van der Waals surface area contributed by atoms with E-state index in [1.165, 1.54) is 108 Å². The summed E-state index contributed by atoms with van der Waals surface area (Å²) >= 11 is 1.89. The van der Waals surface area contributed by atoms with Crippen molar-refractivity contribution in [2.24, 2.45) is 0 Å². The number of anilines is 3. The van der Waals surface area contributed by atoms with Gasteiger partial charge in [-0.1, -0.05) is 171 Å². The lowest BCUT2D eigenvalue weighted by Gasteiger charge is -2.31. The van der Waals surface area contributed by atoms with Crippen LogP contribution in [0.3, 0.4) is 0 Å². The maximum Gasteiger partial charge on any atom is 0.0540 e. The van der Waals surface area contributed by atoms with Crippen LogP contribution in [-0.4, -0.2) is 0 Å². The van der Waals surface area contributed by atoms with E-state index in [9.17, 15) is 0 Å². The summed E-state index contributed by atoms with van der Waals surface area (Å²) in [5.41, 5.74) is 12.4. The smallest absolute Gasteiger partial charge is 0.0540 e. The third-order valence-corrected chi connectivity index (χ3v) is 12.7. The molecule has 0 atom stereocenters. The fourth-order valence-electron chi connectivity index (χ4n) is 8.95. The second-order valence-electron chi connectivity index (χ2n) is 14.6. The zero-order valence-electron chi connectivity index (χ0n) is 30.3. The highest BCUT2D eigenvalue weighted by Gasteiger charge is 2.24. The summed E-state index contributed by atoms with van der Waals surface area (Å²) in [6.07, 6.45) is 6.53. The van der Waals surface area contributed by atoms with Crippen LogP contribution in [0.25, 0.3) is 64.3 Å². The molecule has 54 heavy (non-hydrogen) atoms. The second kappa shape index (κ2) is 14.1. The minimum Gasteiger partial charge on any atom is -0.309 e. The van der Waals surface area contributed by atoms with Crippen LogP contribution in [0.5, 0.6) is 0 Å². The number of thiophene rings is 1. The molecule has 0 saturated heterocycles. The molecule has 0 spiro atoms. The molecule has 1 aliphatic carbocycles.